The molecule has 3 rings (SSSR count). The van der Waals surface area contributed by atoms with Gasteiger partial charge >= 0.3 is 0 Å². The Morgan fingerprint density at radius 1 is 1.03 bits per heavy atom. The molecule has 1 N–H and O–H groups in total. The number of carbonyl (C=O) groups excluding carboxylic acids is 2. The second-order valence-corrected chi connectivity index (χ2v) is 7.00. The van der Waals surface area contributed by atoms with Crippen LogP contribution in [0.4, 0.5) is 0 Å². The van der Waals surface area contributed by atoms with Crippen LogP contribution in [0.2, 0.25) is 0 Å². The summed E-state index contributed by atoms with van der Waals surface area (Å²) in [6.07, 6.45) is 0.681. The van der Waals surface area contributed by atoms with Crippen molar-refractivity contribution in [2.75, 3.05) is 32.9 Å². The first-order chi connectivity index (χ1) is 14.2. The van der Waals surface area contributed by atoms with Gasteiger partial charge in [0.2, 0.25) is 11.8 Å². The minimum Gasteiger partial charge on any atom is -0.494 e. The predicted molar refractivity (Wildman–Crippen MR) is 111 cm³/mol. The fourth-order valence-electron chi connectivity index (χ4n) is 3.35. The molecule has 6 heteroatoms. The third-order valence-corrected chi connectivity index (χ3v) is 4.84. The van der Waals surface area contributed by atoms with Gasteiger partial charge in [-0.25, -0.2) is 0 Å². The summed E-state index contributed by atoms with van der Waals surface area (Å²) in [7, 11) is 0. The highest BCUT2D eigenvalue weighted by molar-refractivity contribution is 5.88. The summed E-state index contributed by atoms with van der Waals surface area (Å²) in [6, 6.07) is 16.6. The standard InChI is InChI=1S/C23H28N2O4/c1-2-29-20-10-8-19(9-11-20)17-22(26)24-21(16-18-6-4-3-5-7-18)23(27)25-12-14-28-15-13-25/h3-11,21H,2,12-17H2,1H3,(H,24,26)/t21-/m0/s1. The van der Waals surface area contributed by atoms with Gasteiger partial charge in [0, 0.05) is 19.5 Å². The SMILES string of the molecule is CCOc1ccc(CC(=O)N[C@@H](Cc2ccccc2)C(=O)N2CCOCC2)cc1. The molecule has 1 heterocycles. The van der Waals surface area contributed by atoms with E-state index < -0.39 is 6.04 Å². The summed E-state index contributed by atoms with van der Waals surface area (Å²) in [6.45, 7) is 4.70. The largest absolute Gasteiger partial charge is 0.494 e. The lowest BCUT2D eigenvalue weighted by atomic mass is 10.0. The van der Waals surface area contributed by atoms with Gasteiger partial charge in [0.25, 0.3) is 0 Å². The maximum Gasteiger partial charge on any atom is 0.245 e. The average molecular weight is 396 g/mol. The van der Waals surface area contributed by atoms with Crippen molar-refractivity contribution in [2.24, 2.45) is 0 Å². The molecular weight excluding hydrogens is 368 g/mol. The Balaban J connectivity index is 1.66. The van der Waals surface area contributed by atoms with E-state index in [0.717, 1.165) is 16.9 Å². The van der Waals surface area contributed by atoms with Gasteiger partial charge < -0.3 is 19.7 Å². The number of morpholine rings is 1. The van der Waals surface area contributed by atoms with Crippen LogP contribution in [0, 0.1) is 0 Å². The van der Waals surface area contributed by atoms with E-state index in [1.54, 1.807) is 4.90 Å². The van der Waals surface area contributed by atoms with Gasteiger partial charge in [-0.1, -0.05) is 42.5 Å². The summed E-state index contributed by atoms with van der Waals surface area (Å²) in [5.41, 5.74) is 1.89. The van der Waals surface area contributed by atoms with Crippen LogP contribution in [0.5, 0.6) is 5.75 Å². The lowest BCUT2D eigenvalue weighted by molar-refractivity contribution is -0.139. The van der Waals surface area contributed by atoms with Crippen molar-refractivity contribution >= 4 is 11.8 Å². The van der Waals surface area contributed by atoms with Crippen molar-refractivity contribution in [2.45, 2.75) is 25.8 Å². The number of hydrogen-bond acceptors (Lipinski definition) is 4. The van der Waals surface area contributed by atoms with Gasteiger partial charge in [0.15, 0.2) is 0 Å². The zero-order chi connectivity index (χ0) is 20.5. The Hall–Kier alpha value is -2.86. The fourth-order valence-corrected chi connectivity index (χ4v) is 3.35. The number of rotatable bonds is 8. The van der Waals surface area contributed by atoms with Gasteiger partial charge in [-0.15, -0.1) is 0 Å². The van der Waals surface area contributed by atoms with Crippen LogP contribution in [-0.2, 0) is 27.2 Å². The second-order valence-electron chi connectivity index (χ2n) is 7.00. The number of hydrogen-bond donors (Lipinski definition) is 1. The molecule has 1 aliphatic heterocycles. The molecule has 1 aliphatic rings. The molecule has 0 aromatic heterocycles. The van der Waals surface area contributed by atoms with Crippen molar-refractivity contribution in [1.82, 2.24) is 10.2 Å². The lowest BCUT2D eigenvalue weighted by Gasteiger charge is -2.31. The Labute approximate surface area is 171 Å². The van der Waals surface area contributed by atoms with Gasteiger partial charge in [-0.3, -0.25) is 9.59 Å². The zero-order valence-electron chi connectivity index (χ0n) is 16.8. The Morgan fingerprint density at radius 3 is 2.38 bits per heavy atom. The van der Waals surface area contributed by atoms with Gasteiger partial charge in [0.1, 0.15) is 11.8 Å². The molecule has 0 saturated carbocycles. The zero-order valence-corrected chi connectivity index (χ0v) is 16.8. The van der Waals surface area contributed by atoms with Gasteiger partial charge in [-0.05, 0) is 30.2 Å². The smallest absolute Gasteiger partial charge is 0.245 e. The van der Waals surface area contributed by atoms with Crippen LogP contribution in [-0.4, -0.2) is 55.7 Å². The lowest BCUT2D eigenvalue weighted by Crippen LogP contribution is -2.52. The van der Waals surface area contributed by atoms with Crippen molar-refractivity contribution < 1.29 is 19.1 Å². The quantitative estimate of drug-likeness (QED) is 0.743. The van der Waals surface area contributed by atoms with Crippen LogP contribution in [0.25, 0.3) is 0 Å². The van der Waals surface area contributed by atoms with E-state index in [9.17, 15) is 9.59 Å². The molecule has 1 fully saturated rings. The topological polar surface area (TPSA) is 67.9 Å². The van der Waals surface area contributed by atoms with E-state index in [0.29, 0.717) is 39.3 Å². The first-order valence-corrected chi connectivity index (χ1v) is 10.1. The maximum atomic E-state index is 13.0. The van der Waals surface area contributed by atoms with Crippen LogP contribution >= 0.6 is 0 Å². The van der Waals surface area contributed by atoms with Crippen molar-refractivity contribution in [3.8, 4) is 5.75 Å². The molecule has 2 amide bonds. The minimum absolute atomic E-state index is 0.0582. The van der Waals surface area contributed by atoms with Crippen molar-refractivity contribution in [3.63, 3.8) is 0 Å². The number of amides is 2. The van der Waals surface area contributed by atoms with E-state index in [-0.39, 0.29) is 18.2 Å². The molecule has 6 nitrogen and oxygen atoms in total. The summed E-state index contributed by atoms with van der Waals surface area (Å²) in [5.74, 6) is 0.551. The highest BCUT2D eigenvalue weighted by Gasteiger charge is 2.27. The van der Waals surface area contributed by atoms with Crippen LogP contribution in [0.3, 0.4) is 0 Å². The molecule has 2 aromatic carbocycles. The molecule has 0 bridgehead atoms. The Bertz CT molecular complexity index is 786. The van der Waals surface area contributed by atoms with Crippen molar-refractivity contribution in [1.29, 1.82) is 0 Å². The van der Waals surface area contributed by atoms with E-state index in [1.165, 1.54) is 0 Å². The number of carbonyl (C=O) groups is 2. The number of ether oxygens (including phenoxy) is 2. The van der Waals surface area contributed by atoms with E-state index in [2.05, 4.69) is 5.32 Å². The third-order valence-electron chi connectivity index (χ3n) is 4.84. The first-order valence-electron chi connectivity index (χ1n) is 10.1. The molecule has 2 aromatic rings. The predicted octanol–water partition coefficient (Wildman–Crippen LogP) is 2.21. The second kappa shape index (κ2) is 10.6. The fraction of sp³-hybridized carbons (Fsp3) is 0.391. The molecule has 0 spiro atoms. The third kappa shape index (κ3) is 6.32. The van der Waals surface area contributed by atoms with Crippen LogP contribution < -0.4 is 10.1 Å². The number of benzene rings is 2. The molecule has 29 heavy (non-hydrogen) atoms. The average Bonchev–Trinajstić information content (AvgIpc) is 2.76. The van der Waals surface area contributed by atoms with E-state index in [4.69, 9.17) is 9.47 Å². The summed E-state index contributed by atoms with van der Waals surface area (Å²) < 4.78 is 10.8. The molecule has 0 radical (unpaired) electrons. The van der Waals surface area contributed by atoms with E-state index >= 15 is 0 Å². The normalized spacial score (nSPS) is 14.9. The van der Waals surface area contributed by atoms with Crippen LogP contribution in [0.15, 0.2) is 54.6 Å². The highest BCUT2D eigenvalue weighted by Crippen LogP contribution is 2.13. The monoisotopic (exact) mass is 396 g/mol. The summed E-state index contributed by atoms with van der Waals surface area (Å²) in [5, 5.41) is 2.95. The molecule has 1 atom stereocenters. The summed E-state index contributed by atoms with van der Waals surface area (Å²) in [4.78, 5) is 27.5. The molecule has 0 aliphatic carbocycles. The van der Waals surface area contributed by atoms with Crippen molar-refractivity contribution in [3.05, 3.63) is 65.7 Å². The van der Waals surface area contributed by atoms with Gasteiger partial charge in [0.05, 0.1) is 26.2 Å². The molecule has 154 valence electrons. The molecular formula is C23H28N2O4. The van der Waals surface area contributed by atoms with Gasteiger partial charge in [-0.2, -0.15) is 0 Å². The molecule has 1 saturated heterocycles. The Kier molecular flexibility index (Phi) is 7.64. The highest BCUT2D eigenvalue weighted by atomic mass is 16.5. The van der Waals surface area contributed by atoms with E-state index in [1.807, 2.05) is 61.5 Å². The summed E-state index contributed by atoms with van der Waals surface area (Å²) >= 11 is 0. The maximum absolute atomic E-state index is 13.0. The first kappa shape index (κ1) is 20.9. The van der Waals surface area contributed by atoms with Crippen LogP contribution in [0.1, 0.15) is 18.1 Å². The number of nitrogens with zero attached hydrogens (tertiary/aromatic N) is 1. The Morgan fingerprint density at radius 2 is 1.72 bits per heavy atom. The minimum atomic E-state index is -0.592. The molecule has 0 unspecified atom stereocenters. The number of nitrogens with one attached hydrogen (secondary N) is 1.